The van der Waals surface area contributed by atoms with Crippen LogP contribution in [0.15, 0.2) is 59.6 Å². The minimum Gasteiger partial charge on any atom is -0.325 e. The Bertz CT molecular complexity index is 1070. The van der Waals surface area contributed by atoms with Gasteiger partial charge in [-0.3, -0.25) is 14.8 Å². The molecular formula is C23H26ClN5O3S. The molecule has 0 bridgehead atoms. The van der Waals surface area contributed by atoms with Gasteiger partial charge in [0.25, 0.3) is 5.91 Å². The van der Waals surface area contributed by atoms with Crippen molar-refractivity contribution in [2.45, 2.75) is 37.5 Å². The lowest BCUT2D eigenvalue weighted by Crippen LogP contribution is -2.37. The summed E-state index contributed by atoms with van der Waals surface area (Å²) in [6.45, 7) is 4.35. The van der Waals surface area contributed by atoms with Crippen molar-refractivity contribution in [2.75, 3.05) is 5.32 Å². The fourth-order valence-electron chi connectivity index (χ4n) is 3.16. The number of nitrogens with zero attached hydrogens (tertiary/aromatic N) is 3. The molecule has 1 aromatic heterocycles. The molecule has 8 nitrogen and oxygen atoms in total. The molecule has 2 aromatic carbocycles. The molecule has 0 aliphatic heterocycles. The van der Waals surface area contributed by atoms with E-state index < -0.39 is 17.7 Å². The van der Waals surface area contributed by atoms with E-state index in [9.17, 15) is 9.59 Å². The first kappa shape index (κ1) is 24.8. The first-order valence-corrected chi connectivity index (χ1v) is 11.8. The van der Waals surface area contributed by atoms with E-state index in [4.69, 9.17) is 16.8 Å². The molecule has 1 unspecified atom stereocenters. The van der Waals surface area contributed by atoms with Gasteiger partial charge in [0.2, 0.25) is 5.91 Å². The lowest BCUT2D eigenvalue weighted by Gasteiger charge is -2.17. The second-order valence-electron chi connectivity index (χ2n) is 7.99. The molecule has 1 atom stereocenters. The Labute approximate surface area is 201 Å². The number of hydrogen-bond acceptors (Lipinski definition) is 6. The van der Waals surface area contributed by atoms with Crippen molar-refractivity contribution >= 4 is 40.9 Å². The van der Waals surface area contributed by atoms with Crippen LogP contribution in [0.3, 0.4) is 0 Å². The Morgan fingerprint density at radius 2 is 1.79 bits per heavy atom. The molecule has 10 heteroatoms. The van der Waals surface area contributed by atoms with Crippen molar-refractivity contribution in [3.8, 4) is 0 Å². The fraction of sp³-hybridized carbons (Fsp3) is 0.304. The summed E-state index contributed by atoms with van der Waals surface area (Å²) in [5, 5.41) is 20.8. The van der Waals surface area contributed by atoms with Crippen LogP contribution in [-0.4, -0.2) is 32.0 Å². The van der Waals surface area contributed by atoms with E-state index in [-0.39, 0.29) is 5.92 Å². The second-order valence-corrected chi connectivity index (χ2v) is 9.48. The molecule has 0 fully saturated rings. The first-order valence-electron chi connectivity index (χ1n) is 10.4. The van der Waals surface area contributed by atoms with Gasteiger partial charge < -0.3 is 5.32 Å². The van der Waals surface area contributed by atoms with Crippen LogP contribution in [0.25, 0.3) is 0 Å². The number of halogens is 1. The molecule has 33 heavy (non-hydrogen) atoms. The SMILES string of the molecule is CC(C)CC(C(=O)NO)C(=O)Nc1ccc(Cn2cc(CSc3ccc(Cl)cc3)nn2)cc1. The topological polar surface area (TPSA) is 109 Å². The molecular weight excluding hydrogens is 462 g/mol. The van der Waals surface area contributed by atoms with E-state index in [0.29, 0.717) is 29.4 Å². The van der Waals surface area contributed by atoms with Gasteiger partial charge >= 0.3 is 0 Å². The third-order valence-electron chi connectivity index (χ3n) is 4.80. The highest BCUT2D eigenvalue weighted by molar-refractivity contribution is 7.98. The molecule has 3 aromatic rings. The van der Waals surface area contributed by atoms with Crippen molar-refractivity contribution in [2.24, 2.45) is 11.8 Å². The van der Waals surface area contributed by atoms with Gasteiger partial charge in [-0.25, -0.2) is 10.2 Å². The predicted octanol–water partition coefficient (Wildman–Crippen LogP) is 4.38. The fourth-order valence-corrected chi connectivity index (χ4v) is 4.06. The smallest absolute Gasteiger partial charge is 0.255 e. The lowest BCUT2D eigenvalue weighted by atomic mass is 9.95. The summed E-state index contributed by atoms with van der Waals surface area (Å²) in [5.41, 5.74) is 4.00. The predicted molar refractivity (Wildman–Crippen MR) is 128 cm³/mol. The molecule has 3 N–H and O–H groups in total. The molecule has 1 heterocycles. The van der Waals surface area contributed by atoms with E-state index in [1.165, 1.54) is 0 Å². The van der Waals surface area contributed by atoms with Crippen LogP contribution in [0.5, 0.6) is 0 Å². The minimum atomic E-state index is -0.964. The molecule has 0 saturated carbocycles. The standard InChI is InChI=1S/C23H26ClN5O3S/c1-15(2)11-21(23(31)27-32)22(30)25-18-7-3-16(4-8-18)12-29-13-19(26-28-29)14-33-20-9-5-17(24)6-10-20/h3-10,13,15,21,32H,11-12,14H2,1-2H3,(H,25,30)(H,27,31). The molecule has 0 radical (unpaired) electrons. The maximum atomic E-state index is 12.5. The van der Waals surface area contributed by atoms with Gasteiger partial charge in [-0.2, -0.15) is 0 Å². The zero-order chi connectivity index (χ0) is 23.8. The monoisotopic (exact) mass is 487 g/mol. The van der Waals surface area contributed by atoms with Crippen molar-refractivity contribution < 1.29 is 14.8 Å². The van der Waals surface area contributed by atoms with Gasteiger partial charge in [-0.05, 0) is 54.3 Å². The van der Waals surface area contributed by atoms with E-state index in [1.54, 1.807) is 34.1 Å². The third-order valence-corrected chi connectivity index (χ3v) is 6.10. The third kappa shape index (κ3) is 7.59. The van der Waals surface area contributed by atoms with Crippen molar-refractivity contribution in [1.29, 1.82) is 0 Å². The molecule has 0 aliphatic rings. The van der Waals surface area contributed by atoms with E-state index >= 15 is 0 Å². The second kappa shape index (κ2) is 11.8. The lowest BCUT2D eigenvalue weighted by molar-refractivity contribution is -0.139. The maximum absolute atomic E-state index is 12.5. The van der Waals surface area contributed by atoms with Crippen LogP contribution in [0.4, 0.5) is 5.69 Å². The van der Waals surface area contributed by atoms with Gasteiger partial charge in [0.05, 0.1) is 12.2 Å². The summed E-state index contributed by atoms with van der Waals surface area (Å²) in [6.07, 6.45) is 2.24. The number of nitrogens with one attached hydrogen (secondary N) is 2. The molecule has 0 spiro atoms. The van der Waals surface area contributed by atoms with Gasteiger partial charge in [0.15, 0.2) is 0 Å². The number of aromatic nitrogens is 3. The van der Waals surface area contributed by atoms with E-state index in [0.717, 1.165) is 16.2 Å². The Morgan fingerprint density at radius 3 is 2.42 bits per heavy atom. The first-order chi connectivity index (χ1) is 15.8. The quantitative estimate of drug-likeness (QED) is 0.169. The summed E-state index contributed by atoms with van der Waals surface area (Å²) in [7, 11) is 0. The number of anilines is 1. The molecule has 174 valence electrons. The largest absolute Gasteiger partial charge is 0.325 e. The summed E-state index contributed by atoms with van der Waals surface area (Å²) >= 11 is 7.57. The van der Waals surface area contributed by atoms with Crippen LogP contribution in [0, 0.1) is 11.8 Å². The van der Waals surface area contributed by atoms with Crippen LogP contribution in [0.2, 0.25) is 5.02 Å². The van der Waals surface area contributed by atoms with E-state index in [2.05, 4.69) is 15.6 Å². The molecule has 2 amide bonds. The van der Waals surface area contributed by atoms with Crippen LogP contribution in [0.1, 0.15) is 31.5 Å². The zero-order valence-electron chi connectivity index (χ0n) is 18.4. The Hall–Kier alpha value is -2.88. The Balaban J connectivity index is 1.54. The normalized spacial score (nSPS) is 11.9. The Morgan fingerprint density at radius 1 is 1.09 bits per heavy atom. The van der Waals surface area contributed by atoms with Crippen molar-refractivity contribution in [1.82, 2.24) is 20.5 Å². The average Bonchev–Trinajstić information content (AvgIpc) is 3.25. The molecule has 3 rings (SSSR count). The highest BCUT2D eigenvalue weighted by Gasteiger charge is 2.27. The van der Waals surface area contributed by atoms with Gasteiger partial charge in [0, 0.05) is 27.6 Å². The van der Waals surface area contributed by atoms with Crippen molar-refractivity contribution in [3.05, 3.63) is 71.0 Å². The van der Waals surface area contributed by atoms with Crippen molar-refractivity contribution in [3.63, 3.8) is 0 Å². The summed E-state index contributed by atoms with van der Waals surface area (Å²) in [6, 6.07) is 15.0. The molecule has 0 saturated heterocycles. The minimum absolute atomic E-state index is 0.123. The number of carbonyl (C=O) groups excluding carboxylic acids is 2. The number of benzene rings is 2. The highest BCUT2D eigenvalue weighted by Crippen LogP contribution is 2.23. The maximum Gasteiger partial charge on any atom is 0.255 e. The zero-order valence-corrected chi connectivity index (χ0v) is 19.9. The van der Waals surface area contributed by atoms with Gasteiger partial charge in [0.1, 0.15) is 5.92 Å². The van der Waals surface area contributed by atoms with Gasteiger partial charge in [-0.15, -0.1) is 16.9 Å². The van der Waals surface area contributed by atoms with Crippen LogP contribution < -0.4 is 10.8 Å². The average molecular weight is 488 g/mol. The number of thioether (sulfide) groups is 1. The van der Waals surface area contributed by atoms with Crippen LogP contribution in [-0.2, 0) is 21.9 Å². The number of rotatable bonds is 10. The van der Waals surface area contributed by atoms with E-state index in [1.807, 2.05) is 56.4 Å². The molecule has 0 aliphatic carbocycles. The number of carbonyl (C=O) groups is 2. The summed E-state index contributed by atoms with van der Waals surface area (Å²) in [4.78, 5) is 25.4. The number of hydroxylamine groups is 1. The number of amides is 2. The van der Waals surface area contributed by atoms with Crippen LogP contribution >= 0.6 is 23.4 Å². The van der Waals surface area contributed by atoms with Gasteiger partial charge in [-0.1, -0.05) is 42.8 Å². The Kier molecular flexibility index (Phi) is 8.87. The highest BCUT2D eigenvalue weighted by atomic mass is 35.5. The summed E-state index contributed by atoms with van der Waals surface area (Å²) in [5.74, 6) is -1.31. The number of hydrogen-bond donors (Lipinski definition) is 3. The summed E-state index contributed by atoms with van der Waals surface area (Å²) < 4.78 is 1.76.